The molecule has 0 aliphatic heterocycles. The number of hydrogen-bond acceptors (Lipinski definition) is 3. The number of nitrogens with zero attached hydrogens (tertiary/aromatic N) is 1. The summed E-state index contributed by atoms with van der Waals surface area (Å²) in [5, 5.41) is 5.29. The number of ether oxygens (including phenoxy) is 1. The minimum atomic E-state index is -0.686. The van der Waals surface area contributed by atoms with Crippen molar-refractivity contribution < 1.29 is 14.3 Å². The third-order valence-electron chi connectivity index (χ3n) is 3.69. The van der Waals surface area contributed by atoms with Crippen molar-refractivity contribution in [3.63, 3.8) is 0 Å². The number of amides is 2. The first kappa shape index (κ1) is 17.6. The number of hydrogen-bond donors (Lipinski definition) is 2. The molecule has 6 nitrogen and oxygen atoms in total. The van der Waals surface area contributed by atoms with Crippen LogP contribution in [-0.4, -0.2) is 29.7 Å². The average molecular weight is 329 g/mol. The summed E-state index contributed by atoms with van der Waals surface area (Å²) in [6.07, 6.45) is 1.98. The summed E-state index contributed by atoms with van der Waals surface area (Å²) in [5.41, 5.74) is 3.41. The molecule has 2 aromatic rings. The van der Waals surface area contributed by atoms with E-state index in [0.29, 0.717) is 6.54 Å². The van der Waals surface area contributed by atoms with Crippen LogP contribution >= 0.6 is 0 Å². The molecule has 1 heterocycles. The standard InChI is InChI=1S/C18H23N3O3/c1-13-6-4-7-15(10-13)12-21-9-5-8-16(21)11-19-18(23)20-14(2)17(22)24-3/h4-10,14H,11-12H2,1-3H3,(H2,19,20,23)/t14-/m1/s1. The second-order valence-electron chi connectivity index (χ2n) is 5.69. The van der Waals surface area contributed by atoms with Crippen LogP contribution in [0.25, 0.3) is 0 Å². The molecule has 128 valence electrons. The van der Waals surface area contributed by atoms with Crippen LogP contribution in [0.4, 0.5) is 4.79 Å². The molecule has 2 amide bonds. The first-order valence-electron chi connectivity index (χ1n) is 7.81. The highest BCUT2D eigenvalue weighted by Crippen LogP contribution is 2.09. The Labute approximate surface area is 141 Å². The highest BCUT2D eigenvalue weighted by molar-refractivity contribution is 5.83. The van der Waals surface area contributed by atoms with Crippen molar-refractivity contribution in [3.05, 3.63) is 59.4 Å². The van der Waals surface area contributed by atoms with E-state index in [1.165, 1.54) is 18.2 Å². The summed E-state index contributed by atoms with van der Waals surface area (Å²) in [7, 11) is 1.29. The van der Waals surface area contributed by atoms with Gasteiger partial charge in [-0.15, -0.1) is 0 Å². The molecule has 0 aliphatic carbocycles. The molecule has 1 atom stereocenters. The number of rotatable bonds is 6. The minimum Gasteiger partial charge on any atom is -0.467 e. The predicted molar refractivity (Wildman–Crippen MR) is 91.6 cm³/mol. The maximum absolute atomic E-state index is 11.8. The lowest BCUT2D eigenvalue weighted by atomic mass is 10.1. The molecule has 0 fully saturated rings. The van der Waals surface area contributed by atoms with Crippen molar-refractivity contribution in [1.29, 1.82) is 0 Å². The molecule has 0 unspecified atom stereocenters. The van der Waals surface area contributed by atoms with Crippen molar-refractivity contribution >= 4 is 12.0 Å². The summed E-state index contributed by atoms with van der Waals surface area (Å²) in [4.78, 5) is 23.1. The van der Waals surface area contributed by atoms with Gasteiger partial charge < -0.3 is 19.9 Å². The van der Waals surface area contributed by atoms with Gasteiger partial charge in [0.15, 0.2) is 0 Å². The van der Waals surface area contributed by atoms with E-state index in [2.05, 4.69) is 45.1 Å². The summed E-state index contributed by atoms with van der Waals surface area (Å²) in [6, 6.07) is 11.1. The van der Waals surface area contributed by atoms with Crippen LogP contribution in [0.5, 0.6) is 0 Å². The Kier molecular flexibility index (Phi) is 6.01. The first-order chi connectivity index (χ1) is 11.5. The van der Waals surface area contributed by atoms with Crippen molar-refractivity contribution in [2.75, 3.05) is 7.11 Å². The van der Waals surface area contributed by atoms with E-state index >= 15 is 0 Å². The highest BCUT2D eigenvalue weighted by atomic mass is 16.5. The summed E-state index contributed by atoms with van der Waals surface area (Å²) in [5.74, 6) is -0.479. The number of carbonyl (C=O) groups is 2. The summed E-state index contributed by atoms with van der Waals surface area (Å²) in [6.45, 7) is 4.75. The zero-order valence-electron chi connectivity index (χ0n) is 14.2. The fraction of sp³-hybridized carbons (Fsp3) is 0.333. The van der Waals surface area contributed by atoms with Gasteiger partial charge in [-0.25, -0.2) is 9.59 Å². The minimum absolute atomic E-state index is 0.374. The lowest BCUT2D eigenvalue weighted by Gasteiger charge is -2.14. The van der Waals surface area contributed by atoms with Crippen LogP contribution in [-0.2, 0) is 22.6 Å². The predicted octanol–water partition coefficient (Wildman–Crippen LogP) is 2.21. The van der Waals surface area contributed by atoms with Gasteiger partial charge in [0.1, 0.15) is 6.04 Å². The number of aryl methyl sites for hydroxylation is 1. The number of methoxy groups -OCH3 is 1. The van der Waals surface area contributed by atoms with Gasteiger partial charge in [-0.05, 0) is 31.5 Å². The molecule has 6 heteroatoms. The van der Waals surface area contributed by atoms with Gasteiger partial charge >= 0.3 is 12.0 Å². The third kappa shape index (κ3) is 4.87. The fourth-order valence-corrected chi connectivity index (χ4v) is 2.43. The van der Waals surface area contributed by atoms with E-state index in [0.717, 1.165) is 12.2 Å². The normalized spacial score (nSPS) is 11.6. The SMILES string of the molecule is COC(=O)[C@@H](C)NC(=O)NCc1cccn1Cc1cccc(C)c1. The quantitative estimate of drug-likeness (QED) is 0.798. The molecule has 2 N–H and O–H groups in total. The Balaban J connectivity index is 1.91. The highest BCUT2D eigenvalue weighted by Gasteiger charge is 2.15. The van der Waals surface area contributed by atoms with Crippen LogP contribution in [0, 0.1) is 6.92 Å². The Morgan fingerprint density at radius 2 is 2.04 bits per heavy atom. The smallest absolute Gasteiger partial charge is 0.328 e. The van der Waals surface area contributed by atoms with Crippen molar-refractivity contribution in [2.24, 2.45) is 0 Å². The second kappa shape index (κ2) is 8.19. The van der Waals surface area contributed by atoms with Crippen LogP contribution < -0.4 is 10.6 Å². The number of benzene rings is 1. The fourth-order valence-electron chi connectivity index (χ4n) is 2.43. The lowest BCUT2D eigenvalue weighted by molar-refractivity contribution is -0.142. The molecule has 2 rings (SSSR count). The van der Waals surface area contributed by atoms with E-state index in [4.69, 9.17) is 0 Å². The molecule has 24 heavy (non-hydrogen) atoms. The topological polar surface area (TPSA) is 72.4 Å². The Hall–Kier alpha value is -2.76. The molecule has 0 aliphatic rings. The van der Waals surface area contributed by atoms with E-state index < -0.39 is 18.0 Å². The molecule has 0 radical (unpaired) electrons. The van der Waals surface area contributed by atoms with Crippen LogP contribution in [0.15, 0.2) is 42.6 Å². The molecule has 0 spiro atoms. The summed E-state index contributed by atoms with van der Waals surface area (Å²) >= 11 is 0. The van der Waals surface area contributed by atoms with Crippen molar-refractivity contribution in [3.8, 4) is 0 Å². The number of nitrogens with one attached hydrogen (secondary N) is 2. The summed E-state index contributed by atoms with van der Waals surface area (Å²) < 4.78 is 6.65. The van der Waals surface area contributed by atoms with Gasteiger partial charge in [0.05, 0.1) is 13.7 Å². The van der Waals surface area contributed by atoms with Crippen molar-refractivity contribution in [2.45, 2.75) is 33.0 Å². The van der Waals surface area contributed by atoms with Gasteiger partial charge in [0, 0.05) is 18.4 Å². The average Bonchev–Trinajstić information content (AvgIpc) is 2.99. The molecule has 1 aromatic carbocycles. The lowest BCUT2D eigenvalue weighted by Crippen LogP contribution is -2.44. The second-order valence-corrected chi connectivity index (χ2v) is 5.69. The molecular formula is C18H23N3O3. The van der Waals surface area contributed by atoms with Crippen LogP contribution in [0.1, 0.15) is 23.7 Å². The number of carbonyl (C=O) groups excluding carboxylic acids is 2. The van der Waals surface area contributed by atoms with Gasteiger partial charge in [0.2, 0.25) is 0 Å². The van der Waals surface area contributed by atoms with Crippen molar-refractivity contribution in [1.82, 2.24) is 15.2 Å². The first-order valence-corrected chi connectivity index (χ1v) is 7.81. The maximum atomic E-state index is 11.8. The zero-order chi connectivity index (χ0) is 17.5. The Bertz CT molecular complexity index is 709. The number of aromatic nitrogens is 1. The molecular weight excluding hydrogens is 306 g/mol. The van der Waals surface area contributed by atoms with E-state index in [1.54, 1.807) is 6.92 Å². The number of esters is 1. The van der Waals surface area contributed by atoms with Gasteiger partial charge in [-0.3, -0.25) is 0 Å². The van der Waals surface area contributed by atoms with E-state index in [9.17, 15) is 9.59 Å². The Morgan fingerprint density at radius 3 is 2.75 bits per heavy atom. The third-order valence-corrected chi connectivity index (χ3v) is 3.69. The van der Waals surface area contributed by atoms with Gasteiger partial charge in [-0.2, -0.15) is 0 Å². The zero-order valence-corrected chi connectivity index (χ0v) is 14.2. The molecule has 0 bridgehead atoms. The molecule has 1 aromatic heterocycles. The van der Waals surface area contributed by atoms with Gasteiger partial charge in [0.25, 0.3) is 0 Å². The Morgan fingerprint density at radius 1 is 1.25 bits per heavy atom. The maximum Gasteiger partial charge on any atom is 0.328 e. The van der Waals surface area contributed by atoms with Crippen LogP contribution in [0.3, 0.4) is 0 Å². The van der Waals surface area contributed by atoms with Gasteiger partial charge in [-0.1, -0.05) is 29.8 Å². The largest absolute Gasteiger partial charge is 0.467 e. The van der Waals surface area contributed by atoms with Crippen LogP contribution in [0.2, 0.25) is 0 Å². The number of urea groups is 1. The molecule has 0 saturated heterocycles. The monoisotopic (exact) mass is 329 g/mol. The van der Waals surface area contributed by atoms with E-state index in [-0.39, 0.29) is 0 Å². The van der Waals surface area contributed by atoms with E-state index in [1.807, 2.05) is 24.4 Å². The molecule has 0 saturated carbocycles.